The fourth-order valence-electron chi connectivity index (χ4n) is 2.60. The summed E-state index contributed by atoms with van der Waals surface area (Å²) < 4.78 is 5.25. The van der Waals surface area contributed by atoms with E-state index in [1.54, 1.807) is 31.1 Å². The third-order valence-electron chi connectivity index (χ3n) is 4.16. The summed E-state index contributed by atoms with van der Waals surface area (Å²) in [7, 11) is 1.59. The molecule has 1 N–H and O–H groups in total. The summed E-state index contributed by atoms with van der Waals surface area (Å²) >= 11 is 0. The van der Waals surface area contributed by atoms with Gasteiger partial charge in [0.1, 0.15) is 11.8 Å². The Labute approximate surface area is 130 Å². The molecule has 0 aliphatic carbocycles. The van der Waals surface area contributed by atoms with E-state index in [1.807, 2.05) is 17.9 Å². The number of piperazine rings is 1. The van der Waals surface area contributed by atoms with Crippen LogP contribution in [0.3, 0.4) is 0 Å². The standard InChI is InChI=1S/C16H22N2O4/c1-11-4-5-13(10-14(11)22-3)15(19)18-8-6-17(7-9-18)12(2)16(20)21/h4-5,10,12H,6-9H2,1-3H3,(H,20,21). The summed E-state index contributed by atoms with van der Waals surface area (Å²) in [6.07, 6.45) is 0. The maximum Gasteiger partial charge on any atom is 0.320 e. The van der Waals surface area contributed by atoms with Crippen molar-refractivity contribution in [1.82, 2.24) is 9.80 Å². The predicted octanol–water partition coefficient (Wildman–Crippen LogP) is 1.23. The molecule has 1 amide bonds. The maximum absolute atomic E-state index is 12.5. The molecule has 1 heterocycles. The zero-order valence-corrected chi connectivity index (χ0v) is 13.2. The van der Waals surface area contributed by atoms with Gasteiger partial charge < -0.3 is 14.7 Å². The van der Waals surface area contributed by atoms with Crippen LogP contribution in [0.5, 0.6) is 5.75 Å². The minimum absolute atomic E-state index is 0.0408. The second-order valence-electron chi connectivity index (χ2n) is 5.53. The lowest BCUT2D eigenvalue weighted by atomic mass is 10.1. The summed E-state index contributed by atoms with van der Waals surface area (Å²) in [4.78, 5) is 27.2. The van der Waals surface area contributed by atoms with Gasteiger partial charge in [-0.3, -0.25) is 14.5 Å². The fraction of sp³-hybridized carbons (Fsp3) is 0.500. The maximum atomic E-state index is 12.5. The molecule has 6 nitrogen and oxygen atoms in total. The number of rotatable bonds is 4. The minimum atomic E-state index is -0.831. The first kappa shape index (κ1) is 16.3. The van der Waals surface area contributed by atoms with Crippen molar-refractivity contribution in [2.24, 2.45) is 0 Å². The molecule has 1 saturated heterocycles. The molecule has 0 aromatic heterocycles. The van der Waals surface area contributed by atoms with Crippen LogP contribution in [-0.2, 0) is 4.79 Å². The van der Waals surface area contributed by atoms with Crippen molar-refractivity contribution in [3.05, 3.63) is 29.3 Å². The van der Waals surface area contributed by atoms with Gasteiger partial charge in [0, 0.05) is 31.7 Å². The molecule has 22 heavy (non-hydrogen) atoms. The Kier molecular flexibility index (Phi) is 5.03. The van der Waals surface area contributed by atoms with Crippen LogP contribution in [-0.4, -0.2) is 66.1 Å². The number of carboxylic acids is 1. The average Bonchev–Trinajstić information content (AvgIpc) is 2.54. The highest BCUT2D eigenvalue weighted by Crippen LogP contribution is 2.20. The number of aliphatic carboxylic acids is 1. The number of ether oxygens (including phenoxy) is 1. The Morgan fingerprint density at radius 2 is 1.86 bits per heavy atom. The normalized spacial score (nSPS) is 17.1. The van der Waals surface area contributed by atoms with Gasteiger partial charge in [0.25, 0.3) is 5.91 Å². The number of methoxy groups -OCH3 is 1. The zero-order valence-electron chi connectivity index (χ0n) is 13.2. The Morgan fingerprint density at radius 3 is 2.41 bits per heavy atom. The van der Waals surface area contributed by atoms with Crippen LogP contribution >= 0.6 is 0 Å². The summed E-state index contributed by atoms with van der Waals surface area (Å²) in [6, 6.07) is 4.90. The molecular formula is C16H22N2O4. The molecule has 1 unspecified atom stereocenters. The fourth-order valence-corrected chi connectivity index (χ4v) is 2.60. The molecule has 0 radical (unpaired) electrons. The minimum Gasteiger partial charge on any atom is -0.496 e. The lowest BCUT2D eigenvalue weighted by Crippen LogP contribution is -2.53. The van der Waals surface area contributed by atoms with E-state index in [-0.39, 0.29) is 5.91 Å². The molecule has 1 aliphatic heterocycles. The summed E-state index contributed by atoms with van der Waals surface area (Å²) in [5.74, 6) is -0.173. The molecule has 0 spiro atoms. The number of benzene rings is 1. The summed E-state index contributed by atoms with van der Waals surface area (Å²) in [5.41, 5.74) is 1.58. The van der Waals surface area contributed by atoms with Gasteiger partial charge >= 0.3 is 5.97 Å². The van der Waals surface area contributed by atoms with Crippen LogP contribution < -0.4 is 4.74 Å². The van der Waals surface area contributed by atoms with Crippen molar-refractivity contribution in [2.75, 3.05) is 33.3 Å². The third kappa shape index (κ3) is 3.39. The molecule has 1 aromatic carbocycles. The highest BCUT2D eigenvalue weighted by atomic mass is 16.5. The molecule has 1 fully saturated rings. The molecule has 0 bridgehead atoms. The number of carboxylic acid groups (broad SMARTS) is 1. The van der Waals surface area contributed by atoms with E-state index in [0.29, 0.717) is 37.5 Å². The first-order chi connectivity index (χ1) is 10.4. The molecule has 120 valence electrons. The highest BCUT2D eigenvalue weighted by Gasteiger charge is 2.27. The summed E-state index contributed by atoms with van der Waals surface area (Å²) in [5, 5.41) is 9.03. The SMILES string of the molecule is COc1cc(C(=O)N2CCN(C(C)C(=O)O)CC2)ccc1C. The topological polar surface area (TPSA) is 70.1 Å². The predicted molar refractivity (Wildman–Crippen MR) is 82.3 cm³/mol. The Balaban J connectivity index is 2.02. The number of carbonyl (C=O) groups excluding carboxylic acids is 1. The molecule has 1 aliphatic rings. The van der Waals surface area contributed by atoms with Gasteiger partial charge in [0.15, 0.2) is 0 Å². The zero-order chi connectivity index (χ0) is 16.3. The van der Waals surface area contributed by atoms with Crippen LogP contribution in [0.15, 0.2) is 18.2 Å². The second-order valence-corrected chi connectivity index (χ2v) is 5.53. The Bertz CT molecular complexity index is 565. The van der Waals surface area contributed by atoms with Gasteiger partial charge in [-0.05, 0) is 31.5 Å². The Hall–Kier alpha value is -2.08. The largest absolute Gasteiger partial charge is 0.496 e. The smallest absolute Gasteiger partial charge is 0.320 e. The van der Waals surface area contributed by atoms with Crippen molar-refractivity contribution in [1.29, 1.82) is 0 Å². The van der Waals surface area contributed by atoms with E-state index in [2.05, 4.69) is 0 Å². The van der Waals surface area contributed by atoms with Crippen LogP contribution in [0.25, 0.3) is 0 Å². The van der Waals surface area contributed by atoms with Crippen molar-refractivity contribution < 1.29 is 19.4 Å². The number of hydrogen-bond donors (Lipinski definition) is 1. The van der Waals surface area contributed by atoms with Gasteiger partial charge in [-0.1, -0.05) is 6.07 Å². The molecule has 0 saturated carbocycles. The van der Waals surface area contributed by atoms with Crippen LogP contribution in [0.2, 0.25) is 0 Å². The second kappa shape index (κ2) is 6.79. The molecule has 2 rings (SSSR count). The molecule has 1 atom stereocenters. The average molecular weight is 306 g/mol. The lowest BCUT2D eigenvalue weighted by Gasteiger charge is -2.36. The third-order valence-corrected chi connectivity index (χ3v) is 4.16. The first-order valence-corrected chi connectivity index (χ1v) is 7.35. The number of nitrogens with zero attached hydrogens (tertiary/aromatic N) is 2. The van der Waals surface area contributed by atoms with Crippen molar-refractivity contribution in [3.8, 4) is 5.75 Å². The highest BCUT2D eigenvalue weighted by molar-refractivity contribution is 5.94. The van der Waals surface area contributed by atoms with E-state index in [0.717, 1.165) is 5.56 Å². The molecular weight excluding hydrogens is 284 g/mol. The van der Waals surface area contributed by atoms with Gasteiger partial charge in [-0.2, -0.15) is 0 Å². The molecule has 6 heteroatoms. The van der Waals surface area contributed by atoms with Crippen LogP contribution in [0.4, 0.5) is 0 Å². The van der Waals surface area contributed by atoms with E-state index in [4.69, 9.17) is 9.84 Å². The monoisotopic (exact) mass is 306 g/mol. The van der Waals surface area contributed by atoms with Crippen molar-refractivity contribution in [2.45, 2.75) is 19.9 Å². The van der Waals surface area contributed by atoms with Gasteiger partial charge in [-0.15, -0.1) is 0 Å². The first-order valence-electron chi connectivity index (χ1n) is 7.35. The number of hydrogen-bond acceptors (Lipinski definition) is 4. The van der Waals surface area contributed by atoms with E-state index in [1.165, 1.54) is 0 Å². The number of carbonyl (C=O) groups is 2. The lowest BCUT2D eigenvalue weighted by molar-refractivity contribution is -0.143. The summed E-state index contributed by atoms with van der Waals surface area (Å²) in [6.45, 7) is 5.81. The quantitative estimate of drug-likeness (QED) is 0.906. The van der Waals surface area contributed by atoms with E-state index >= 15 is 0 Å². The van der Waals surface area contributed by atoms with Crippen LogP contribution in [0, 0.1) is 6.92 Å². The molecule has 1 aromatic rings. The van der Waals surface area contributed by atoms with Gasteiger partial charge in [0.05, 0.1) is 7.11 Å². The Morgan fingerprint density at radius 1 is 1.23 bits per heavy atom. The van der Waals surface area contributed by atoms with E-state index < -0.39 is 12.0 Å². The van der Waals surface area contributed by atoms with Crippen molar-refractivity contribution >= 4 is 11.9 Å². The van der Waals surface area contributed by atoms with E-state index in [9.17, 15) is 9.59 Å². The van der Waals surface area contributed by atoms with Gasteiger partial charge in [-0.25, -0.2) is 0 Å². The van der Waals surface area contributed by atoms with Crippen molar-refractivity contribution in [3.63, 3.8) is 0 Å². The van der Waals surface area contributed by atoms with Crippen LogP contribution in [0.1, 0.15) is 22.8 Å². The number of aryl methyl sites for hydroxylation is 1. The van der Waals surface area contributed by atoms with Gasteiger partial charge in [0.2, 0.25) is 0 Å². The number of amides is 1.